The first-order valence-electron chi connectivity index (χ1n) is 8.63. The number of aromatic nitrogens is 2. The van der Waals surface area contributed by atoms with E-state index in [1.54, 1.807) is 19.1 Å². The van der Waals surface area contributed by atoms with Gasteiger partial charge in [-0.15, -0.1) is 0 Å². The van der Waals surface area contributed by atoms with E-state index in [0.717, 1.165) is 15.7 Å². The van der Waals surface area contributed by atoms with Crippen LogP contribution in [0.25, 0.3) is 5.69 Å². The smallest absolute Gasteiger partial charge is 0.335 e. The minimum Gasteiger partial charge on any atom is -0.493 e. The summed E-state index contributed by atoms with van der Waals surface area (Å²) in [7, 11) is 0. The molecule has 3 aromatic rings. The van der Waals surface area contributed by atoms with Gasteiger partial charge in [0.15, 0.2) is 0 Å². The zero-order valence-electron chi connectivity index (χ0n) is 15.4. The van der Waals surface area contributed by atoms with Gasteiger partial charge in [-0.05, 0) is 38.5 Å². The van der Waals surface area contributed by atoms with Crippen molar-refractivity contribution in [3.8, 4) is 11.6 Å². The average molecular weight is 363 g/mol. The van der Waals surface area contributed by atoms with E-state index in [-0.39, 0.29) is 11.6 Å². The zero-order chi connectivity index (χ0) is 19.6. The van der Waals surface area contributed by atoms with E-state index < -0.39 is 17.1 Å². The van der Waals surface area contributed by atoms with Crippen molar-refractivity contribution in [3.63, 3.8) is 0 Å². The summed E-state index contributed by atoms with van der Waals surface area (Å²) in [5.41, 5.74) is 1.44. The Balaban J connectivity index is 2.12. The number of nitrogens with one attached hydrogen (secondary N) is 1. The van der Waals surface area contributed by atoms with Gasteiger partial charge in [0.25, 0.3) is 5.56 Å². The standard InChI is InChI=1S/C21H21N3O3/c1-13-9-11-17(12-10-13)24-20(26)18(19(25)23-21(24)27)15(3)22-14(2)16-7-5-4-6-8-16/h4-12,14,26H,1-3H3,(H,23,25,27)/t14-/m0/s1. The van der Waals surface area contributed by atoms with Crippen molar-refractivity contribution >= 4 is 5.71 Å². The Labute approximate surface area is 156 Å². The second-order valence-corrected chi connectivity index (χ2v) is 6.43. The lowest BCUT2D eigenvalue weighted by atomic mass is 10.1. The largest absolute Gasteiger partial charge is 0.493 e. The highest BCUT2D eigenvalue weighted by atomic mass is 16.3. The second-order valence-electron chi connectivity index (χ2n) is 6.43. The summed E-state index contributed by atoms with van der Waals surface area (Å²) in [5, 5.41) is 10.7. The van der Waals surface area contributed by atoms with Crippen LogP contribution in [-0.2, 0) is 0 Å². The van der Waals surface area contributed by atoms with Crippen molar-refractivity contribution < 1.29 is 5.11 Å². The Hall–Kier alpha value is -3.41. The van der Waals surface area contributed by atoms with E-state index in [9.17, 15) is 14.7 Å². The molecule has 0 fully saturated rings. The quantitative estimate of drug-likeness (QED) is 0.698. The van der Waals surface area contributed by atoms with Crippen molar-refractivity contribution in [2.24, 2.45) is 4.99 Å². The highest BCUT2D eigenvalue weighted by Crippen LogP contribution is 2.21. The number of hydrogen-bond acceptors (Lipinski definition) is 4. The summed E-state index contributed by atoms with van der Waals surface area (Å²) < 4.78 is 1.07. The number of aliphatic imine (C=N–C) groups is 1. The fourth-order valence-corrected chi connectivity index (χ4v) is 2.95. The first kappa shape index (κ1) is 18.4. The molecule has 0 aliphatic rings. The van der Waals surface area contributed by atoms with Crippen LogP contribution in [-0.4, -0.2) is 20.4 Å². The summed E-state index contributed by atoms with van der Waals surface area (Å²) in [5.74, 6) is -0.422. The van der Waals surface area contributed by atoms with Crippen LogP contribution in [0.3, 0.4) is 0 Å². The van der Waals surface area contributed by atoms with Crippen LogP contribution in [0, 0.1) is 6.92 Å². The molecule has 0 radical (unpaired) electrons. The molecular weight excluding hydrogens is 342 g/mol. The van der Waals surface area contributed by atoms with Gasteiger partial charge in [0.2, 0.25) is 5.88 Å². The van der Waals surface area contributed by atoms with Crippen LogP contribution in [0.15, 0.2) is 69.2 Å². The highest BCUT2D eigenvalue weighted by Gasteiger charge is 2.18. The van der Waals surface area contributed by atoms with Gasteiger partial charge in [-0.3, -0.25) is 14.8 Å². The zero-order valence-corrected chi connectivity index (χ0v) is 15.4. The number of H-pyrrole nitrogens is 1. The van der Waals surface area contributed by atoms with Gasteiger partial charge < -0.3 is 5.11 Å². The third-order valence-electron chi connectivity index (χ3n) is 4.41. The van der Waals surface area contributed by atoms with E-state index in [1.165, 1.54) is 0 Å². The molecule has 27 heavy (non-hydrogen) atoms. The summed E-state index contributed by atoms with van der Waals surface area (Å²) in [4.78, 5) is 31.4. The SMILES string of the molecule is CC(=N[C@@H](C)c1ccccc1)c1c(O)n(-c2ccc(C)cc2)c(=O)[nH]c1=O. The number of benzene rings is 2. The van der Waals surface area contributed by atoms with Crippen molar-refractivity contribution in [2.45, 2.75) is 26.8 Å². The highest BCUT2D eigenvalue weighted by molar-refractivity contribution is 6.00. The third-order valence-corrected chi connectivity index (χ3v) is 4.41. The normalized spacial score (nSPS) is 12.8. The molecule has 3 rings (SSSR count). The Kier molecular flexibility index (Phi) is 5.07. The number of aryl methyl sites for hydroxylation is 1. The van der Waals surface area contributed by atoms with Crippen LogP contribution >= 0.6 is 0 Å². The van der Waals surface area contributed by atoms with Gasteiger partial charge in [0, 0.05) is 0 Å². The van der Waals surface area contributed by atoms with Gasteiger partial charge in [-0.1, -0.05) is 48.0 Å². The average Bonchev–Trinajstić information content (AvgIpc) is 2.63. The van der Waals surface area contributed by atoms with Crippen LogP contribution in [0.1, 0.15) is 36.6 Å². The Bertz CT molecular complexity index is 1090. The molecule has 0 bridgehead atoms. The molecule has 138 valence electrons. The van der Waals surface area contributed by atoms with Gasteiger partial charge >= 0.3 is 5.69 Å². The van der Waals surface area contributed by atoms with Crippen molar-refractivity contribution in [1.82, 2.24) is 9.55 Å². The molecule has 1 heterocycles. The number of nitrogens with zero attached hydrogens (tertiary/aromatic N) is 2. The van der Waals surface area contributed by atoms with E-state index in [1.807, 2.05) is 56.3 Å². The van der Waals surface area contributed by atoms with Crippen molar-refractivity contribution in [3.05, 3.63) is 92.1 Å². The second kappa shape index (κ2) is 7.45. The molecule has 2 N–H and O–H groups in total. The third kappa shape index (κ3) is 3.74. The topological polar surface area (TPSA) is 87.4 Å². The lowest BCUT2D eigenvalue weighted by Gasteiger charge is -2.13. The predicted octanol–water partition coefficient (Wildman–Crippen LogP) is 3.11. The number of aromatic hydroxyl groups is 1. The molecule has 1 atom stereocenters. The molecule has 0 aliphatic heterocycles. The van der Waals surface area contributed by atoms with Crippen LogP contribution in [0.4, 0.5) is 0 Å². The van der Waals surface area contributed by atoms with Crippen LogP contribution < -0.4 is 11.2 Å². The van der Waals surface area contributed by atoms with Gasteiger partial charge in [0.05, 0.1) is 17.4 Å². The minimum absolute atomic E-state index is 0.0158. The van der Waals surface area contributed by atoms with E-state index >= 15 is 0 Å². The van der Waals surface area contributed by atoms with Gasteiger partial charge in [-0.25, -0.2) is 9.36 Å². The molecule has 0 amide bonds. The number of hydrogen-bond donors (Lipinski definition) is 2. The van der Waals surface area contributed by atoms with Crippen molar-refractivity contribution in [1.29, 1.82) is 0 Å². The maximum absolute atomic E-state index is 12.3. The van der Waals surface area contributed by atoms with Gasteiger partial charge in [-0.2, -0.15) is 0 Å². The molecule has 1 aromatic heterocycles. The first-order valence-corrected chi connectivity index (χ1v) is 8.63. The van der Waals surface area contributed by atoms with Crippen molar-refractivity contribution in [2.75, 3.05) is 0 Å². The van der Waals surface area contributed by atoms with E-state index in [4.69, 9.17) is 0 Å². The van der Waals surface area contributed by atoms with Crippen LogP contribution in [0.5, 0.6) is 5.88 Å². The summed E-state index contributed by atoms with van der Waals surface area (Å²) in [6, 6.07) is 16.5. The molecule has 0 spiro atoms. The molecule has 0 aliphatic carbocycles. The predicted molar refractivity (Wildman–Crippen MR) is 106 cm³/mol. The Morgan fingerprint density at radius 2 is 1.70 bits per heavy atom. The molecule has 6 heteroatoms. The van der Waals surface area contributed by atoms with Gasteiger partial charge in [0.1, 0.15) is 5.56 Å². The summed E-state index contributed by atoms with van der Waals surface area (Å²) >= 11 is 0. The van der Waals surface area contributed by atoms with Crippen LogP contribution in [0.2, 0.25) is 0 Å². The maximum Gasteiger partial charge on any atom is 0.335 e. The summed E-state index contributed by atoms with van der Waals surface area (Å²) in [6.07, 6.45) is 0. The Morgan fingerprint density at radius 3 is 2.33 bits per heavy atom. The number of aromatic amines is 1. The first-order chi connectivity index (χ1) is 12.9. The molecule has 0 saturated heterocycles. The molecule has 6 nitrogen and oxygen atoms in total. The lowest BCUT2D eigenvalue weighted by Crippen LogP contribution is -2.32. The fraction of sp³-hybridized carbons (Fsp3) is 0.190. The Morgan fingerprint density at radius 1 is 1.07 bits per heavy atom. The molecule has 0 saturated carbocycles. The monoisotopic (exact) mass is 363 g/mol. The van der Waals surface area contributed by atoms with E-state index in [2.05, 4.69) is 9.98 Å². The lowest BCUT2D eigenvalue weighted by molar-refractivity contribution is 0.429. The molecule has 2 aromatic carbocycles. The summed E-state index contributed by atoms with van der Waals surface area (Å²) in [6.45, 7) is 5.47. The minimum atomic E-state index is -0.700. The van der Waals surface area contributed by atoms with E-state index in [0.29, 0.717) is 11.4 Å². The molecule has 0 unspecified atom stereocenters. The fourth-order valence-electron chi connectivity index (χ4n) is 2.95. The number of rotatable bonds is 4. The molecular formula is C21H21N3O3. The maximum atomic E-state index is 12.3.